The van der Waals surface area contributed by atoms with Crippen molar-refractivity contribution in [3.05, 3.63) is 35.6 Å². The van der Waals surface area contributed by atoms with Gasteiger partial charge < -0.3 is 10.6 Å². The van der Waals surface area contributed by atoms with Gasteiger partial charge in [0.05, 0.1) is 5.75 Å². The van der Waals surface area contributed by atoms with E-state index in [2.05, 4.69) is 15.6 Å². The van der Waals surface area contributed by atoms with E-state index in [1.165, 1.54) is 6.07 Å². The van der Waals surface area contributed by atoms with Gasteiger partial charge in [-0.2, -0.15) is 0 Å². The minimum absolute atomic E-state index is 0.0464. The Balaban J connectivity index is 1.86. The molecule has 0 amide bonds. The lowest BCUT2D eigenvalue weighted by Crippen LogP contribution is -2.42. The third kappa shape index (κ3) is 4.92. The van der Waals surface area contributed by atoms with Crippen molar-refractivity contribution in [3.63, 3.8) is 0 Å². The van der Waals surface area contributed by atoms with Crippen molar-refractivity contribution in [2.24, 2.45) is 4.99 Å². The van der Waals surface area contributed by atoms with Crippen LogP contribution in [0.4, 0.5) is 4.39 Å². The predicted molar refractivity (Wildman–Crippen MR) is 91.0 cm³/mol. The fraction of sp³-hybridized carbons (Fsp3) is 0.562. The van der Waals surface area contributed by atoms with Crippen LogP contribution in [0.25, 0.3) is 0 Å². The molecular weight excluding hydrogens is 317 g/mol. The minimum atomic E-state index is -2.99. The topological polar surface area (TPSA) is 70.6 Å². The Morgan fingerprint density at radius 1 is 1.35 bits per heavy atom. The van der Waals surface area contributed by atoms with Crippen LogP contribution < -0.4 is 10.6 Å². The van der Waals surface area contributed by atoms with Gasteiger partial charge in [-0.15, -0.1) is 0 Å². The van der Waals surface area contributed by atoms with Gasteiger partial charge >= 0.3 is 0 Å². The van der Waals surface area contributed by atoms with Gasteiger partial charge in [0.15, 0.2) is 15.8 Å². The fourth-order valence-corrected chi connectivity index (χ4v) is 3.18. The van der Waals surface area contributed by atoms with E-state index in [1.807, 2.05) is 6.07 Å². The van der Waals surface area contributed by atoms with Crippen LogP contribution in [-0.4, -0.2) is 46.0 Å². The highest BCUT2D eigenvalue weighted by Gasteiger charge is 2.44. The van der Waals surface area contributed by atoms with E-state index in [-0.39, 0.29) is 22.7 Å². The molecule has 0 aliphatic heterocycles. The number of hydrogen-bond donors (Lipinski definition) is 2. The summed E-state index contributed by atoms with van der Waals surface area (Å²) in [4.78, 5) is 4.10. The molecule has 5 nitrogen and oxygen atoms in total. The molecule has 23 heavy (non-hydrogen) atoms. The van der Waals surface area contributed by atoms with Crippen LogP contribution in [0.5, 0.6) is 0 Å². The summed E-state index contributed by atoms with van der Waals surface area (Å²) in [5.74, 6) is 0.572. The molecule has 1 aromatic carbocycles. The Morgan fingerprint density at radius 2 is 2.09 bits per heavy atom. The summed E-state index contributed by atoms with van der Waals surface area (Å²) >= 11 is 0. The summed E-state index contributed by atoms with van der Waals surface area (Å²) in [7, 11) is -1.34. The Hall–Kier alpha value is -1.63. The minimum Gasteiger partial charge on any atom is -0.356 e. The van der Waals surface area contributed by atoms with Gasteiger partial charge in [0.1, 0.15) is 5.82 Å². The Morgan fingerprint density at radius 3 is 2.65 bits per heavy atom. The first-order chi connectivity index (χ1) is 10.9. The molecule has 0 atom stereocenters. The monoisotopic (exact) mass is 341 g/mol. The maximum atomic E-state index is 13.4. The lowest BCUT2D eigenvalue weighted by Gasteiger charge is -2.19. The molecule has 0 unspecified atom stereocenters. The molecule has 1 aliphatic carbocycles. The van der Waals surface area contributed by atoms with E-state index in [0.717, 1.165) is 18.4 Å². The molecule has 7 heteroatoms. The fourth-order valence-electron chi connectivity index (χ4n) is 2.48. The van der Waals surface area contributed by atoms with Crippen molar-refractivity contribution in [1.82, 2.24) is 10.6 Å². The van der Waals surface area contributed by atoms with Crippen molar-refractivity contribution in [2.75, 3.05) is 31.6 Å². The van der Waals surface area contributed by atoms with Crippen molar-refractivity contribution >= 4 is 15.8 Å². The summed E-state index contributed by atoms with van der Waals surface area (Å²) in [5.41, 5.74) is 0.948. The summed E-state index contributed by atoms with van der Waals surface area (Å²) < 4.78 is 36.3. The molecule has 0 saturated heterocycles. The van der Waals surface area contributed by atoms with Crippen LogP contribution in [0.1, 0.15) is 25.3 Å². The number of guanidine groups is 1. The maximum absolute atomic E-state index is 13.4. The number of nitrogens with one attached hydrogen (secondary N) is 2. The third-order valence-electron chi connectivity index (χ3n) is 4.25. The van der Waals surface area contributed by atoms with Gasteiger partial charge in [-0.05, 0) is 30.5 Å². The van der Waals surface area contributed by atoms with E-state index in [9.17, 15) is 12.8 Å². The molecule has 1 aliphatic rings. The third-order valence-corrected chi connectivity index (χ3v) is 5.96. The second-order valence-corrected chi connectivity index (χ2v) is 8.35. The molecule has 1 fully saturated rings. The van der Waals surface area contributed by atoms with Crippen molar-refractivity contribution in [2.45, 2.75) is 25.2 Å². The number of hydrogen-bond acceptors (Lipinski definition) is 3. The van der Waals surface area contributed by atoms with E-state index >= 15 is 0 Å². The molecule has 1 aromatic rings. The number of benzene rings is 1. The molecule has 0 aromatic heterocycles. The summed E-state index contributed by atoms with van der Waals surface area (Å²) in [6.45, 7) is 2.61. The van der Waals surface area contributed by atoms with Crippen LogP contribution >= 0.6 is 0 Å². The van der Waals surface area contributed by atoms with Crippen LogP contribution in [0, 0.1) is 5.82 Å². The summed E-state index contributed by atoms with van der Waals surface area (Å²) in [6, 6.07) is 6.70. The largest absolute Gasteiger partial charge is 0.356 e. The molecule has 2 rings (SSSR count). The Bertz CT molecular complexity index is 670. The molecule has 0 radical (unpaired) electrons. The Kier molecular flexibility index (Phi) is 5.62. The average Bonchev–Trinajstić information content (AvgIpc) is 3.32. The van der Waals surface area contributed by atoms with E-state index in [1.54, 1.807) is 26.1 Å². The van der Waals surface area contributed by atoms with Crippen LogP contribution in [-0.2, 0) is 15.3 Å². The SMILES string of the molecule is CCS(=O)(=O)CCNC(=NC)NCC1(c2cccc(F)c2)CC1. The summed E-state index contributed by atoms with van der Waals surface area (Å²) in [6.07, 6.45) is 2.01. The number of nitrogens with zero attached hydrogens (tertiary/aromatic N) is 1. The normalized spacial score (nSPS) is 16.9. The second-order valence-electron chi connectivity index (χ2n) is 5.88. The predicted octanol–water partition coefficient (Wildman–Crippen LogP) is 1.46. The van der Waals surface area contributed by atoms with Gasteiger partial charge in [0, 0.05) is 31.3 Å². The van der Waals surface area contributed by atoms with Crippen molar-refractivity contribution in [1.29, 1.82) is 0 Å². The highest BCUT2D eigenvalue weighted by Crippen LogP contribution is 2.47. The highest BCUT2D eigenvalue weighted by molar-refractivity contribution is 7.91. The highest BCUT2D eigenvalue weighted by atomic mass is 32.2. The number of aliphatic imine (C=N–C) groups is 1. The standard InChI is InChI=1S/C16H24FN3O2S/c1-3-23(21,22)10-9-19-15(18-2)20-12-16(7-8-16)13-5-4-6-14(17)11-13/h4-6,11H,3,7-10,12H2,1-2H3,(H2,18,19,20). The van der Waals surface area contributed by atoms with E-state index in [4.69, 9.17) is 0 Å². The van der Waals surface area contributed by atoms with Gasteiger partial charge in [0.25, 0.3) is 0 Å². The molecule has 0 bridgehead atoms. The van der Waals surface area contributed by atoms with Crippen molar-refractivity contribution in [3.8, 4) is 0 Å². The zero-order valence-corrected chi connectivity index (χ0v) is 14.4. The summed E-state index contributed by atoms with van der Waals surface area (Å²) in [5, 5.41) is 6.22. The van der Waals surface area contributed by atoms with Crippen LogP contribution in [0.3, 0.4) is 0 Å². The zero-order valence-electron chi connectivity index (χ0n) is 13.6. The number of rotatable bonds is 7. The lowest BCUT2D eigenvalue weighted by molar-refractivity contribution is 0.595. The van der Waals surface area contributed by atoms with E-state index < -0.39 is 9.84 Å². The first kappa shape index (κ1) is 17.7. The zero-order chi connectivity index (χ0) is 16.9. The van der Waals surface area contributed by atoms with Crippen LogP contribution in [0.15, 0.2) is 29.3 Å². The second kappa shape index (κ2) is 7.29. The molecule has 1 saturated carbocycles. The van der Waals surface area contributed by atoms with Gasteiger partial charge in [-0.3, -0.25) is 4.99 Å². The Labute approximate surface area is 137 Å². The van der Waals surface area contributed by atoms with E-state index in [0.29, 0.717) is 19.0 Å². The number of sulfone groups is 1. The maximum Gasteiger partial charge on any atom is 0.191 e. The molecule has 0 heterocycles. The molecule has 2 N–H and O–H groups in total. The molecule has 128 valence electrons. The smallest absolute Gasteiger partial charge is 0.191 e. The first-order valence-corrected chi connectivity index (χ1v) is 9.64. The van der Waals surface area contributed by atoms with Gasteiger partial charge in [-0.1, -0.05) is 19.1 Å². The molecular formula is C16H24FN3O2S. The number of halogens is 1. The molecule has 0 spiro atoms. The van der Waals surface area contributed by atoms with Crippen LogP contribution in [0.2, 0.25) is 0 Å². The average molecular weight is 341 g/mol. The van der Waals surface area contributed by atoms with Gasteiger partial charge in [-0.25, -0.2) is 12.8 Å². The lowest BCUT2D eigenvalue weighted by atomic mass is 9.96. The van der Waals surface area contributed by atoms with Gasteiger partial charge in [0.2, 0.25) is 0 Å². The first-order valence-electron chi connectivity index (χ1n) is 7.82. The quantitative estimate of drug-likeness (QED) is 0.582. The van der Waals surface area contributed by atoms with Crippen molar-refractivity contribution < 1.29 is 12.8 Å².